The van der Waals surface area contributed by atoms with E-state index in [0.717, 1.165) is 44.1 Å². The van der Waals surface area contributed by atoms with Gasteiger partial charge in [-0.1, -0.05) is 32.9 Å². The third-order valence-corrected chi connectivity index (χ3v) is 8.56. The molecule has 7 atom stereocenters. The van der Waals surface area contributed by atoms with Gasteiger partial charge in [0.2, 0.25) is 0 Å². The predicted molar refractivity (Wildman–Crippen MR) is 88.7 cm³/mol. The maximum Gasteiger partial charge on any atom is 0.171 e. The average Bonchev–Trinajstić information content (AvgIpc) is 2.49. The number of rotatable bonds is 0. The van der Waals surface area contributed by atoms with E-state index in [4.69, 9.17) is 0 Å². The van der Waals surface area contributed by atoms with Crippen LogP contribution in [0.4, 0.5) is 0 Å². The quantitative estimate of drug-likeness (QED) is 0.675. The Morgan fingerprint density at radius 3 is 2.48 bits per heavy atom. The molecule has 0 radical (unpaired) electrons. The standard InChI is InChI=1S/C20H30O3/c1-11-9-12-10-14-19(4)7-6-15(21)18(2,3)13(19)5-8-20(11,14)17(23)16(12)22/h12-16,21-22H,1,5-10H2,2-4H3/t12-,13+,14+,15-,16-,19-,20+/m1/s1. The van der Waals surface area contributed by atoms with Crippen molar-refractivity contribution >= 4 is 5.78 Å². The molecule has 5 aliphatic rings. The molecule has 2 N–H and O–H groups in total. The highest BCUT2D eigenvalue weighted by atomic mass is 16.3. The van der Waals surface area contributed by atoms with Crippen molar-refractivity contribution in [1.82, 2.24) is 0 Å². The monoisotopic (exact) mass is 318 g/mol. The number of ketones is 1. The van der Waals surface area contributed by atoms with Crippen molar-refractivity contribution in [2.45, 2.75) is 71.5 Å². The molecule has 0 aromatic rings. The number of carbonyl (C=O) groups excluding carboxylic acids is 1. The molecular formula is C20H30O3. The molecule has 5 fully saturated rings. The number of fused-ring (bicyclic) bond motifs is 3. The molecule has 5 aliphatic carbocycles. The number of aliphatic hydroxyl groups is 2. The molecule has 5 rings (SSSR count). The summed E-state index contributed by atoms with van der Waals surface area (Å²) in [4.78, 5) is 13.0. The Balaban J connectivity index is 1.82. The van der Waals surface area contributed by atoms with Gasteiger partial charge in [0.05, 0.1) is 11.5 Å². The summed E-state index contributed by atoms with van der Waals surface area (Å²) in [5.74, 6) is 0.847. The first-order valence-electron chi connectivity index (χ1n) is 9.24. The highest BCUT2D eigenvalue weighted by Gasteiger charge is 2.69. The lowest BCUT2D eigenvalue weighted by Crippen LogP contribution is -2.67. The number of Topliss-reactive ketones (excluding diaryl/α,β-unsaturated/α-hetero) is 1. The van der Waals surface area contributed by atoms with E-state index in [1.807, 2.05) is 0 Å². The van der Waals surface area contributed by atoms with Crippen molar-refractivity contribution in [2.75, 3.05) is 0 Å². The third kappa shape index (κ3) is 1.66. The van der Waals surface area contributed by atoms with Gasteiger partial charge >= 0.3 is 0 Å². The molecule has 1 spiro atoms. The first-order valence-corrected chi connectivity index (χ1v) is 9.24. The van der Waals surface area contributed by atoms with Gasteiger partial charge in [-0.15, -0.1) is 0 Å². The maximum atomic E-state index is 13.0. The third-order valence-electron chi connectivity index (χ3n) is 8.56. The molecule has 23 heavy (non-hydrogen) atoms. The van der Waals surface area contributed by atoms with Gasteiger partial charge in [0.15, 0.2) is 5.78 Å². The number of hydrogen-bond donors (Lipinski definition) is 2. The van der Waals surface area contributed by atoms with Crippen molar-refractivity contribution in [2.24, 2.45) is 34.0 Å². The van der Waals surface area contributed by atoms with Crippen LogP contribution in [0.3, 0.4) is 0 Å². The zero-order chi connectivity index (χ0) is 16.8. The Kier molecular flexibility index (Phi) is 3.09. The molecule has 0 aromatic carbocycles. The summed E-state index contributed by atoms with van der Waals surface area (Å²) in [6.07, 6.45) is 4.31. The lowest BCUT2D eigenvalue weighted by molar-refractivity contribution is -0.203. The van der Waals surface area contributed by atoms with Crippen molar-refractivity contribution < 1.29 is 15.0 Å². The van der Waals surface area contributed by atoms with Crippen LogP contribution in [0.2, 0.25) is 0 Å². The molecular weight excluding hydrogens is 288 g/mol. The van der Waals surface area contributed by atoms with Crippen LogP contribution >= 0.6 is 0 Å². The van der Waals surface area contributed by atoms with E-state index in [-0.39, 0.29) is 28.6 Å². The van der Waals surface area contributed by atoms with Crippen LogP contribution in [-0.4, -0.2) is 28.2 Å². The molecule has 0 amide bonds. The second kappa shape index (κ2) is 4.49. The maximum absolute atomic E-state index is 13.0. The minimum atomic E-state index is -0.779. The fourth-order valence-corrected chi connectivity index (χ4v) is 7.27. The molecule has 128 valence electrons. The summed E-state index contributed by atoms with van der Waals surface area (Å²) in [6.45, 7) is 11.0. The molecule has 0 saturated heterocycles. The zero-order valence-electron chi connectivity index (χ0n) is 14.6. The summed E-state index contributed by atoms with van der Waals surface area (Å²) in [5.41, 5.74) is 0.558. The lowest BCUT2D eigenvalue weighted by atomic mass is 9.36. The predicted octanol–water partition coefficient (Wildman–Crippen LogP) is 3.10. The van der Waals surface area contributed by atoms with E-state index in [1.165, 1.54) is 0 Å². The van der Waals surface area contributed by atoms with Gasteiger partial charge in [0.25, 0.3) is 0 Å². The number of allylic oxidation sites excluding steroid dienone is 1. The van der Waals surface area contributed by atoms with Crippen LogP contribution < -0.4 is 0 Å². The molecule has 0 aliphatic heterocycles. The molecule has 5 saturated carbocycles. The summed E-state index contributed by atoms with van der Waals surface area (Å²) < 4.78 is 0. The number of hydrogen-bond acceptors (Lipinski definition) is 3. The molecule has 0 unspecified atom stereocenters. The SMILES string of the molecule is C=C1C[C@@H]2C[C@@H]3[C@@]1(CC[C@H]1C(C)(C)[C@H](O)CC[C@@]31C)C(=O)[C@@H]2O. The van der Waals surface area contributed by atoms with E-state index in [9.17, 15) is 15.0 Å². The Morgan fingerprint density at radius 2 is 1.78 bits per heavy atom. The van der Waals surface area contributed by atoms with Gasteiger partial charge in [-0.25, -0.2) is 0 Å². The van der Waals surface area contributed by atoms with E-state index >= 15 is 0 Å². The normalized spacial score (nSPS) is 54.6. The Labute approximate surface area is 139 Å². The van der Waals surface area contributed by atoms with E-state index in [1.54, 1.807) is 0 Å². The van der Waals surface area contributed by atoms with E-state index < -0.39 is 11.5 Å². The van der Waals surface area contributed by atoms with Crippen LogP contribution in [-0.2, 0) is 4.79 Å². The van der Waals surface area contributed by atoms with Gasteiger partial charge in [-0.2, -0.15) is 0 Å². The van der Waals surface area contributed by atoms with Crippen LogP contribution in [0.15, 0.2) is 12.2 Å². The lowest BCUT2D eigenvalue weighted by Gasteiger charge is -2.68. The smallest absolute Gasteiger partial charge is 0.171 e. The molecule has 3 nitrogen and oxygen atoms in total. The highest BCUT2D eigenvalue weighted by Crippen LogP contribution is 2.71. The van der Waals surface area contributed by atoms with Crippen LogP contribution in [0.25, 0.3) is 0 Å². The first kappa shape index (κ1) is 15.8. The van der Waals surface area contributed by atoms with Gasteiger partial charge in [-0.05, 0) is 67.1 Å². The van der Waals surface area contributed by atoms with E-state index in [2.05, 4.69) is 27.4 Å². The number of aliphatic hydroxyl groups excluding tert-OH is 2. The van der Waals surface area contributed by atoms with Crippen molar-refractivity contribution in [1.29, 1.82) is 0 Å². The zero-order valence-corrected chi connectivity index (χ0v) is 14.6. The fourth-order valence-electron chi connectivity index (χ4n) is 7.27. The molecule has 0 aromatic heterocycles. The van der Waals surface area contributed by atoms with Crippen LogP contribution in [0, 0.1) is 34.0 Å². The fraction of sp³-hybridized carbons (Fsp3) is 0.850. The molecule has 2 bridgehead atoms. The van der Waals surface area contributed by atoms with Crippen LogP contribution in [0.5, 0.6) is 0 Å². The van der Waals surface area contributed by atoms with Gasteiger partial charge in [0, 0.05) is 0 Å². The highest BCUT2D eigenvalue weighted by molar-refractivity contribution is 5.94. The minimum Gasteiger partial charge on any atom is -0.393 e. The largest absolute Gasteiger partial charge is 0.393 e. The van der Waals surface area contributed by atoms with E-state index in [0.29, 0.717) is 11.8 Å². The summed E-state index contributed by atoms with van der Waals surface area (Å²) in [7, 11) is 0. The Hall–Kier alpha value is -0.670. The topological polar surface area (TPSA) is 57.5 Å². The Bertz CT molecular complexity index is 579. The van der Waals surface area contributed by atoms with Crippen LogP contribution in [0.1, 0.15) is 59.3 Å². The summed E-state index contributed by atoms with van der Waals surface area (Å²) in [6, 6.07) is 0. The minimum absolute atomic E-state index is 0.0543. The van der Waals surface area contributed by atoms with Crippen molar-refractivity contribution in [3.8, 4) is 0 Å². The summed E-state index contributed by atoms with van der Waals surface area (Å²) >= 11 is 0. The summed E-state index contributed by atoms with van der Waals surface area (Å²) in [5, 5.41) is 21.0. The van der Waals surface area contributed by atoms with Crippen molar-refractivity contribution in [3.63, 3.8) is 0 Å². The first-order chi connectivity index (χ1) is 10.7. The second-order valence-corrected chi connectivity index (χ2v) is 9.61. The van der Waals surface area contributed by atoms with Gasteiger partial charge in [-0.3, -0.25) is 4.79 Å². The van der Waals surface area contributed by atoms with Gasteiger partial charge in [0.1, 0.15) is 6.10 Å². The molecule has 3 heteroatoms. The number of carbonyl (C=O) groups is 1. The van der Waals surface area contributed by atoms with Crippen molar-refractivity contribution in [3.05, 3.63) is 12.2 Å². The Morgan fingerprint density at radius 1 is 1.09 bits per heavy atom. The molecule has 0 heterocycles. The van der Waals surface area contributed by atoms with Gasteiger partial charge < -0.3 is 10.2 Å². The average molecular weight is 318 g/mol. The second-order valence-electron chi connectivity index (χ2n) is 9.61.